The number of benzene rings is 1. The predicted molar refractivity (Wildman–Crippen MR) is 129 cm³/mol. The molecule has 0 aliphatic heterocycles. The summed E-state index contributed by atoms with van der Waals surface area (Å²) >= 11 is 0. The van der Waals surface area contributed by atoms with Crippen LogP contribution in [0.1, 0.15) is 67.9 Å². The first-order valence-corrected chi connectivity index (χ1v) is 11.4. The Morgan fingerprint density at radius 1 is 0.806 bits per heavy atom. The van der Waals surface area contributed by atoms with E-state index in [1.807, 2.05) is 0 Å². The maximum Gasteiger partial charge on any atom is 0.514 e. The molecular formula is C25H37NO10. The molecule has 0 amide bonds. The van der Waals surface area contributed by atoms with Crippen molar-refractivity contribution < 1.29 is 47.6 Å². The second-order valence-corrected chi connectivity index (χ2v) is 10.2. The number of rotatable bonds is 8. The van der Waals surface area contributed by atoms with E-state index < -0.39 is 53.7 Å². The average molecular weight is 512 g/mol. The van der Waals surface area contributed by atoms with Crippen LogP contribution in [0.25, 0.3) is 0 Å². The smallest absolute Gasteiger partial charge is 0.459 e. The molecule has 1 aromatic rings. The third kappa shape index (κ3) is 11.9. The number of hydrogen-bond donors (Lipinski definition) is 1. The van der Waals surface area contributed by atoms with Crippen molar-refractivity contribution in [1.82, 2.24) is 0 Å². The molecular weight excluding hydrogens is 474 g/mol. The van der Waals surface area contributed by atoms with E-state index in [0.29, 0.717) is 5.56 Å². The van der Waals surface area contributed by atoms with Gasteiger partial charge in [-0.05, 0) is 79.5 Å². The van der Waals surface area contributed by atoms with Gasteiger partial charge in [0.15, 0.2) is 11.5 Å². The number of hydrogen-bond acceptors (Lipinski definition) is 11. The topological polar surface area (TPSA) is 150 Å². The molecule has 0 aromatic heterocycles. The molecule has 11 nitrogen and oxygen atoms in total. The zero-order valence-electron chi connectivity index (χ0n) is 22.3. The van der Waals surface area contributed by atoms with Crippen LogP contribution >= 0.6 is 0 Å². The molecule has 3 atom stereocenters. The number of carbonyl (C=O) groups is 4. The lowest BCUT2D eigenvalue weighted by Crippen LogP contribution is -2.39. The molecule has 0 heterocycles. The normalized spacial score (nSPS) is 14.1. The fourth-order valence-corrected chi connectivity index (χ4v) is 2.63. The van der Waals surface area contributed by atoms with Gasteiger partial charge in [-0.1, -0.05) is 6.07 Å². The van der Waals surface area contributed by atoms with Crippen LogP contribution < -0.4 is 15.2 Å². The lowest BCUT2D eigenvalue weighted by Gasteiger charge is -2.22. The van der Waals surface area contributed by atoms with Gasteiger partial charge in [-0.15, -0.1) is 0 Å². The lowest BCUT2D eigenvalue weighted by molar-refractivity contribution is -0.164. The number of nitrogens with two attached hydrogens (primary N) is 1. The van der Waals surface area contributed by atoms with Gasteiger partial charge in [0.05, 0.1) is 0 Å². The molecule has 0 unspecified atom stereocenters. The number of carbonyl (C=O) groups excluding carboxylic acids is 4. The molecule has 0 radical (unpaired) electrons. The molecule has 0 spiro atoms. The molecule has 11 heteroatoms. The van der Waals surface area contributed by atoms with E-state index >= 15 is 0 Å². The molecule has 1 rings (SSSR count). The quantitative estimate of drug-likeness (QED) is 0.306. The fraction of sp³-hybridized carbons (Fsp3) is 0.600. The Morgan fingerprint density at radius 2 is 1.28 bits per heavy atom. The molecule has 0 aliphatic carbocycles. The van der Waals surface area contributed by atoms with Crippen LogP contribution in [0.4, 0.5) is 9.59 Å². The molecule has 0 fully saturated rings. The Labute approximate surface area is 211 Å². The van der Waals surface area contributed by atoms with Gasteiger partial charge < -0.3 is 34.2 Å². The molecule has 2 N–H and O–H groups in total. The Balaban J connectivity index is 3.04. The van der Waals surface area contributed by atoms with Crippen molar-refractivity contribution in [3.05, 3.63) is 23.8 Å². The largest absolute Gasteiger partial charge is 0.514 e. The minimum Gasteiger partial charge on any atom is -0.459 e. The van der Waals surface area contributed by atoms with E-state index in [-0.39, 0.29) is 17.9 Å². The molecule has 0 bridgehead atoms. The van der Waals surface area contributed by atoms with E-state index in [9.17, 15) is 19.2 Å². The SMILES string of the molecule is CC(=O)O[C@@H](C)[C@H](C)OC(=O)[C@@H](N)Cc1ccc(OC(=O)OC(C)(C)C)c(OC(=O)OC(C)(C)C)c1. The van der Waals surface area contributed by atoms with Crippen molar-refractivity contribution >= 4 is 24.2 Å². The first kappa shape index (κ1) is 30.7. The van der Waals surface area contributed by atoms with Crippen LogP contribution in [0.15, 0.2) is 18.2 Å². The van der Waals surface area contributed by atoms with Crippen molar-refractivity contribution in [2.75, 3.05) is 0 Å². The highest BCUT2D eigenvalue weighted by molar-refractivity contribution is 5.76. The van der Waals surface area contributed by atoms with Crippen LogP contribution in [-0.2, 0) is 35.0 Å². The Bertz CT molecular complexity index is 945. The summed E-state index contributed by atoms with van der Waals surface area (Å²) in [5.74, 6) is -1.45. The summed E-state index contributed by atoms with van der Waals surface area (Å²) in [6.07, 6.45) is -3.39. The lowest BCUT2D eigenvalue weighted by atomic mass is 10.1. The van der Waals surface area contributed by atoms with E-state index in [0.717, 1.165) is 0 Å². The summed E-state index contributed by atoms with van der Waals surface area (Å²) in [6.45, 7) is 14.4. The van der Waals surface area contributed by atoms with Crippen molar-refractivity contribution in [2.45, 2.75) is 98.2 Å². The highest BCUT2D eigenvalue weighted by Crippen LogP contribution is 2.31. The van der Waals surface area contributed by atoms with Gasteiger partial charge >= 0.3 is 24.2 Å². The van der Waals surface area contributed by atoms with Gasteiger partial charge in [0, 0.05) is 6.92 Å². The van der Waals surface area contributed by atoms with Crippen molar-refractivity contribution in [3.8, 4) is 11.5 Å². The van der Waals surface area contributed by atoms with Gasteiger partial charge in [0.2, 0.25) is 0 Å². The first-order chi connectivity index (χ1) is 16.4. The third-order valence-corrected chi connectivity index (χ3v) is 4.25. The minimum atomic E-state index is -1.08. The second-order valence-electron chi connectivity index (χ2n) is 10.2. The van der Waals surface area contributed by atoms with Crippen LogP contribution in [0.5, 0.6) is 11.5 Å². The van der Waals surface area contributed by atoms with Crippen LogP contribution in [0.3, 0.4) is 0 Å². The van der Waals surface area contributed by atoms with E-state index in [1.165, 1.54) is 19.1 Å². The van der Waals surface area contributed by atoms with Gasteiger partial charge in [-0.25, -0.2) is 9.59 Å². The summed E-state index contributed by atoms with van der Waals surface area (Å²) in [5.41, 5.74) is 4.85. The Hall–Kier alpha value is -3.34. The first-order valence-electron chi connectivity index (χ1n) is 11.4. The molecule has 0 aliphatic rings. The summed E-state index contributed by atoms with van der Waals surface area (Å²) in [7, 11) is 0. The Morgan fingerprint density at radius 3 is 1.75 bits per heavy atom. The third-order valence-electron chi connectivity index (χ3n) is 4.25. The van der Waals surface area contributed by atoms with Crippen LogP contribution in [0, 0.1) is 0 Å². The highest BCUT2D eigenvalue weighted by Gasteiger charge is 2.26. The van der Waals surface area contributed by atoms with Gasteiger partial charge in [0.25, 0.3) is 0 Å². The second kappa shape index (κ2) is 12.6. The average Bonchev–Trinajstić information content (AvgIpc) is 2.66. The highest BCUT2D eigenvalue weighted by atomic mass is 16.8. The van der Waals surface area contributed by atoms with E-state index in [1.54, 1.807) is 61.5 Å². The van der Waals surface area contributed by atoms with Gasteiger partial charge in [0.1, 0.15) is 29.5 Å². The van der Waals surface area contributed by atoms with Crippen molar-refractivity contribution in [3.63, 3.8) is 0 Å². The number of ether oxygens (including phenoxy) is 6. The monoisotopic (exact) mass is 511 g/mol. The van der Waals surface area contributed by atoms with Crippen LogP contribution in [-0.4, -0.2) is 53.7 Å². The molecule has 0 saturated heterocycles. The van der Waals surface area contributed by atoms with Crippen molar-refractivity contribution in [2.24, 2.45) is 5.73 Å². The van der Waals surface area contributed by atoms with Gasteiger partial charge in [-0.3, -0.25) is 9.59 Å². The number of esters is 2. The maximum atomic E-state index is 12.4. The zero-order chi connectivity index (χ0) is 27.8. The summed E-state index contributed by atoms with van der Waals surface area (Å²) < 4.78 is 31.1. The Kier molecular flexibility index (Phi) is 10.7. The fourth-order valence-electron chi connectivity index (χ4n) is 2.63. The standard InChI is InChI=1S/C25H37NO10/c1-14(31-16(3)27)15(2)32-21(28)18(26)12-17-10-11-19(33-22(29)35-24(4,5)6)20(13-17)34-23(30)36-25(7,8)9/h10-11,13-15,18H,12,26H2,1-9H3/t14-,15-,18-/m0/s1. The minimum absolute atomic E-state index is 0.00486. The van der Waals surface area contributed by atoms with Gasteiger partial charge in [-0.2, -0.15) is 0 Å². The predicted octanol–water partition coefficient (Wildman–Crippen LogP) is 4.07. The zero-order valence-corrected chi connectivity index (χ0v) is 22.3. The summed E-state index contributed by atoms with van der Waals surface area (Å²) in [4.78, 5) is 47.9. The van der Waals surface area contributed by atoms with Crippen LogP contribution in [0.2, 0.25) is 0 Å². The molecule has 36 heavy (non-hydrogen) atoms. The van der Waals surface area contributed by atoms with E-state index in [2.05, 4.69) is 0 Å². The summed E-state index contributed by atoms with van der Waals surface area (Å²) in [6, 6.07) is 3.23. The van der Waals surface area contributed by atoms with E-state index in [4.69, 9.17) is 34.2 Å². The maximum absolute atomic E-state index is 12.4. The molecule has 202 valence electrons. The summed E-state index contributed by atoms with van der Waals surface area (Å²) in [5, 5.41) is 0. The van der Waals surface area contributed by atoms with Crippen molar-refractivity contribution in [1.29, 1.82) is 0 Å². The molecule has 0 saturated carbocycles. The molecule has 1 aromatic carbocycles.